The van der Waals surface area contributed by atoms with Gasteiger partial charge in [-0.1, -0.05) is 37.6 Å². The molecular formula is C21H22ClF2IO2. The molecule has 6 heteroatoms. The van der Waals surface area contributed by atoms with Crippen molar-refractivity contribution in [1.82, 2.24) is 0 Å². The largest absolute Gasteiger partial charge is 0.488 e. The average molecular weight is 507 g/mol. The first-order chi connectivity index (χ1) is 12.9. The van der Waals surface area contributed by atoms with Gasteiger partial charge in [0.2, 0.25) is 0 Å². The maximum absolute atomic E-state index is 13.4. The molecule has 146 valence electrons. The minimum atomic E-state index is -2.64. The summed E-state index contributed by atoms with van der Waals surface area (Å²) in [4.78, 5) is 11.6. The van der Waals surface area contributed by atoms with E-state index in [0.29, 0.717) is 36.3 Å². The second-order valence-electron chi connectivity index (χ2n) is 6.19. The third-order valence-corrected chi connectivity index (χ3v) is 5.81. The van der Waals surface area contributed by atoms with Gasteiger partial charge in [0.1, 0.15) is 18.1 Å². The van der Waals surface area contributed by atoms with Crippen molar-refractivity contribution in [3.05, 3.63) is 61.2 Å². The molecule has 0 aliphatic carbocycles. The summed E-state index contributed by atoms with van der Waals surface area (Å²) in [6, 6.07) is 8.70. The molecule has 0 aliphatic rings. The molecule has 0 heterocycles. The highest BCUT2D eigenvalue weighted by Crippen LogP contribution is 2.35. The van der Waals surface area contributed by atoms with E-state index in [9.17, 15) is 13.6 Å². The molecule has 0 radical (unpaired) electrons. The lowest BCUT2D eigenvalue weighted by Gasteiger charge is -2.16. The van der Waals surface area contributed by atoms with Crippen LogP contribution in [0.4, 0.5) is 8.78 Å². The summed E-state index contributed by atoms with van der Waals surface area (Å²) in [5.74, 6) is 0.296. The van der Waals surface area contributed by atoms with E-state index in [4.69, 9.17) is 16.3 Å². The summed E-state index contributed by atoms with van der Waals surface area (Å²) in [6.07, 6.45) is -0.484. The van der Waals surface area contributed by atoms with Gasteiger partial charge < -0.3 is 4.74 Å². The van der Waals surface area contributed by atoms with Crippen molar-refractivity contribution in [2.45, 2.75) is 52.6 Å². The van der Waals surface area contributed by atoms with E-state index in [1.165, 1.54) is 12.1 Å². The highest BCUT2D eigenvalue weighted by molar-refractivity contribution is 14.1. The van der Waals surface area contributed by atoms with E-state index in [2.05, 4.69) is 22.6 Å². The smallest absolute Gasteiger partial charge is 0.267 e. The molecule has 2 aromatic carbocycles. The molecule has 0 aliphatic heterocycles. The Kier molecular flexibility index (Phi) is 8.48. The van der Waals surface area contributed by atoms with Crippen LogP contribution < -0.4 is 4.74 Å². The van der Waals surface area contributed by atoms with E-state index in [1.807, 2.05) is 32.0 Å². The minimum absolute atomic E-state index is 0.0995. The van der Waals surface area contributed by atoms with Crippen LogP contribution in [-0.2, 0) is 24.2 Å². The van der Waals surface area contributed by atoms with Gasteiger partial charge in [-0.25, -0.2) is 8.78 Å². The van der Waals surface area contributed by atoms with Crippen molar-refractivity contribution in [2.75, 3.05) is 0 Å². The fourth-order valence-corrected chi connectivity index (χ4v) is 3.78. The van der Waals surface area contributed by atoms with Gasteiger partial charge in [-0.15, -0.1) is 0 Å². The normalized spacial score (nSPS) is 11.1. The first kappa shape index (κ1) is 22.1. The third-order valence-electron chi connectivity index (χ3n) is 4.45. The zero-order valence-electron chi connectivity index (χ0n) is 15.3. The molecular weight excluding hydrogens is 485 g/mol. The summed E-state index contributed by atoms with van der Waals surface area (Å²) in [7, 11) is 0. The molecule has 2 nitrogen and oxygen atoms in total. The zero-order chi connectivity index (χ0) is 20.0. The number of ketones is 1. The monoisotopic (exact) mass is 506 g/mol. The van der Waals surface area contributed by atoms with Gasteiger partial charge in [0.05, 0.1) is 5.56 Å². The molecule has 2 rings (SSSR count). The molecule has 0 bridgehead atoms. The number of ether oxygens (including phenoxy) is 1. The van der Waals surface area contributed by atoms with Crippen molar-refractivity contribution in [3.8, 4) is 5.75 Å². The van der Waals surface area contributed by atoms with Gasteiger partial charge >= 0.3 is 0 Å². The number of carbonyl (C=O) groups is 1. The van der Waals surface area contributed by atoms with E-state index in [-0.39, 0.29) is 23.7 Å². The number of aryl methyl sites for hydroxylation is 2. The van der Waals surface area contributed by atoms with Crippen molar-refractivity contribution >= 4 is 40.0 Å². The molecule has 0 unspecified atom stereocenters. The number of carbonyl (C=O) groups excluding carboxylic acids is 1. The third kappa shape index (κ3) is 5.88. The lowest BCUT2D eigenvalue weighted by Crippen LogP contribution is -2.07. The number of alkyl halides is 2. The minimum Gasteiger partial charge on any atom is -0.488 e. The number of halogens is 4. The van der Waals surface area contributed by atoms with Crippen molar-refractivity contribution < 1.29 is 18.3 Å². The molecule has 27 heavy (non-hydrogen) atoms. The first-order valence-corrected chi connectivity index (χ1v) is 10.3. The number of Topliss-reactive ketones (excluding diaryl/α,β-unsaturated/α-hetero) is 1. The maximum atomic E-state index is 13.4. The maximum Gasteiger partial charge on any atom is 0.267 e. The van der Waals surface area contributed by atoms with E-state index < -0.39 is 6.43 Å². The molecule has 0 saturated heterocycles. The molecule has 0 aromatic heterocycles. The van der Waals surface area contributed by atoms with Gasteiger partial charge in [0.15, 0.2) is 0 Å². The van der Waals surface area contributed by atoms with Gasteiger partial charge in [-0.05, 0) is 64.8 Å². The van der Waals surface area contributed by atoms with Gasteiger partial charge in [0, 0.05) is 27.0 Å². The Morgan fingerprint density at radius 3 is 2.59 bits per heavy atom. The predicted molar refractivity (Wildman–Crippen MR) is 113 cm³/mol. The molecule has 2 aromatic rings. The average Bonchev–Trinajstić information content (AvgIpc) is 2.65. The SMILES string of the molecule is CCC(=O)CCc1cccc(I)c1COc1cc(Cl)c(CC)cc1C(F)F. The second kappa shape index (κ2) is 10.4. The number of rotatable bonds is 9. The van der Waals surface area contributed by atoms with Crippen LogP contribution in [0.15, 0.2) is 30.3 Å². The van der Waals surface area contributed by atoms with Crippen LogP contribution in [-0.4, -0.2) is 5.78 Å². The standard InChI is InChI=1S/C21H22ClF2IO2/c1-3-13-10-16(21(23)24)20(11-18(13)22)27-12-17-14(6-5-7-19(17)25)8-9-15(26)4-2/h5-7,10-11,21H,3-4,8-9,12H2,1-2H3. The molecule has 0 spiro atoms. The Labute approximate surface area is 177 Å². The fraction of sp³-hybridized carbons (Fsp3) is 0.381. The van der Waals surface area contributed by atoms with E-state index in [1.54, 1.807) is 0 Å². The van der Waals surface area contributed by atoms with Gasteiger partial charge in [-0.2, -0.15) is 0 Å². The Hall–Kier alpha value is -1.21. The van der Waals surface area contributed by atoms with Crippen molar-refractivity contribution in [1.29, 1.82) is 0 Å². The summed E-state index contributed by atoms with van der Waals surface area (Å²) in [5.41, 5.74) is 2.44. The van der Waals surface area contributed by atoms with Crippen LogP contribution >= 0.6 is 34.2 Å². The second-order valence-corrected chi connectivity index (χ2v) is 7.76. The number of hydrogen-bond donors (Lipinski definition) is 0. The van der Waals surface area contributed by atoms with Crippen LogP contribution in [0.5, 0.6) is 5.75 Å². The van der Waals surface area contributed by atoms with Crippen molar-refractivity contribution in [2.24, 2.45) is 0 Å². The van der Waals surface area contributed by atoms with Crippen LogP contribution in [0.3, 0.4) is 0 Å². The molecule has 0 amide bonds. The predicted octanol–water partition coefficient (Wildman–Crippen LogP) is 6.94. The lowest BCUT2D eigenvalue weighted by atomic mass is 10.0. The molecule has 0 saturated carbocycles. The van der Waals surface area contributed by atoms with Crippen molar-refractivity contribution in [3.63, 3.8) is 0 Å². The number of hydrogen-bond acceptors (Lipinski definition) is 2. The topological polar surface area (TPSA) is 26.3 Å². The summed E-state index contributed by atoms with van der Waals surface area (Å²) in [6.45, 7) is 3.86. The first-order valence-electron chi connectivity index (χ1n) is 8.88. The highest BCUT2D eigenvalue weighted by Gasteiger charge is 2.18. The Bertz CT molecular complexity index is 809. The van der Waals surface area contributed by atoms with E-state index in [0.717, 1.165) is 14.7 Å². The summed E-state index contributed by atoms with van der Waals surface area (Å²) in [5, 5.41) is 0.424. The van der Waals surface area contributed by atoms with E-state index >= 15 is 0 Å². The highest BCUT2D eigenvalue weighted by atomic mass is 127. The Morgan fingerprint density at radius 1 is 1.22 bits per heavy atom. The van der Waals surface area contributed by atoms with Crippen LogP contribution in [0.2, 0.25) is 5.02 Å². The van der Waals surface area contributed by atoms with Gasteiger partial charge in [-0.3, -0.25) is 4.79 Å². The van der Waals surface area contributed by atoms with Crippen LogP contribution in [0.1, 0.15) is 55.4 Å². The van der Waals surface area contributed by atoms with Crippen LogP contribution in [0.25, 0.3) is 0 Å². The number of benzene rings is 2. The summed E-state index contributed by atoms with van der Waals surface area (Å²) < 4.78 is 33.6. The lowest BCUT2D eigenvalue weighted by molar-refractivity contribution is -0.118. The Balaban J connectivity index is 2.26. The molecule has 0 N–H and O–H groups in total. The quantitative estimate of drug-likeness (QED) is 0.345. The fourth-order valence-electron chi connectivity index (χ4n) is 2.79. The summed E-state index contributed by atoms with van der Waals surface area (Å²) >= 11 is 8.38. The Morgan fingerprint density at radius 2 is 1.96 bits per heavy atom. The van der Waals surface area contributed by atoms with Gasteiger partial charge in [0.25, 0.3) is 6.43 Å². The molecule has 0 fully saturated rings. The molecule has 0 atom stereocenters. The van der Waals surface area contributed by atoms with Crippen LogP contribution in [0, 0.1) is 3.57 Å². The zero-order valence-corrected chi connectivity index (χ0v) is 18.2.